The number of carbonyl (C=O) groups excluding carboxylic acids is 1. The number of hydrogen-bond acceptors (Lipinski definition) is 5. The molecule has 1 fully saturated rings. The first-order valence-corrected chi connectivity index (χ1v) is 9.13. The second kappa shape index (κ2) is 8.04. The molecular formula is C21H20FN5O. The first-order valence-electron chi connectivity index (χ1n) is 9.13. The molecular weight excluding hydrogens is 357 g/mol. The molecule has 6 nitrogen and oxygen atoms in total. The monoisotopic (exact) mass is 377 g/mol. The van der Waals surface area contributed by atoms with Crippen LogP contribution in [0.5, 0.6) is 0 Å². The fraction of sp³-hybridized carbons (Fsp3) is 0.190. The standard InChI is InChI=1S/C21H20FN5O/c22-16-6-8-18(9-7-16)26-10-12-27(13-11-26)20-14-19(23-15-24-20)21(28)25-17-4-2-1-3-5-17/h1-9,14-15H,10-13H2,(H,25,28). The van der Waals surface area contributed by atoms with Gasteiger partial charge in [0.05, 0.1) is 0 Å². The number of hydrogen-bond donors (Lipinski definition) is 1. The molecule has 7 heteroatoms. The molecule has 2 heterocycles. The van der Waals surface area contributed by atoms with Crippen LogP contribution >= 0.6 is 0 Å². The van der Waals surface area contributed by atoms with Crippen molar-refractivity contribution in [2.45, 2.75) is 0 Å². The van der Waals surface area contributed by atoms with Gasteiger partial charge in [0.2, 0.25) is 0 Å². The number of anilines is 3. The third kappa shape index (κ3) is 4.09. The largest absolute Gasteiger partial charge is 0.368 e. The Bertz CT molecular complexity index is 941. The SMILES string of the molecule is O=C(Nc1ccccc1)c1cc(N2CCN(c3ccc(F)cc3)CC2)ncn1. The number of para-hydroxylation sites is 1. The van der Waals surface area contributed by atoms with E-state index in [1.54, 1.807) is 18.2 Å². The highest BCUT2D eigenvalue weighted by Gasteiger charge is 2.20. The number of nitrogens with one attached hydrogen (secondary N) is 1. The van der Waals surface area contributed by atoms with Crippen LogP contribution in [0.2, 0.25) is 0 Å². The van der Waals surface area contributed by atoms with E-state index in [0.29, 0.717) is 5.69 Å². The summed E-state index contributed by atoms with van der Waals surface area (Å²) in [6.07, 6.45) is 1.42. The summed E-state index contributed by atoms with van der Waals surface area (Å²) in [5, 5.41) is 2.83. The number of rotatable bonds is 4. The highest BCUT2D eigenvalue weighted by molar-refractivity contribution is 6.03. The Labute approximate surface area is 162 Å². The molecule has 0 unspecified atom stereocenters. The maximum atomic E-state index is 13.1. The van der Waals surface area contributed by atoms with Gasteiger partial charge >= 0.3 is 0 Å². The second-order valence-corrected chi connectivity index (χ2v) is 6.53. The summed E-state index contributed by atoms with van der Waals surface area (Å²) in [7, 11) is 0. The van der Waals surface area contributed by atoms with Gasteiger partial charge in [0.25, 0.3) is 5.91 Å². The van der Waals surface area contributed by atoms with Crippen LogP contribution < -0.4 is 15.1 Å². The van der Waals surface area contributed by atoms with E-state index in [1.807, 2.05) is 30.3 Å². The summed E-state index contributed by atoms with van der Waals surface area (Å²) in [5.41, 5.74) is 2.06. The zero-order chi connectivity index (χ0) is 19.3. The molecule has 1 aliphatic heterocycles. The van der Waals surface area contributed by atoms with Crippen LogP contribution in [0.1, 0.15) is 10.5 Å². The van der Waals surface area contributed by atoms with Crippen LogP contribution in [0, 0.1) is 5.82 Å². The fourth-order valence-electron chi connectivity index (χ4n) is 3.21. The second-order valence-electron chi connectivity index (χ2n) is 6.53. The summed E-state index contributed by atoms with van der Waals surface area (Å²) in [6, 6.07) is 17.5. The molecule has 1 aromatic heterocycles. The van der Waals surface area contributed by atoms with Gasteiger partial charge in [-0.05, 0) is 36.4 Å². The van der Waals surface area contributed by atoms with Gasteiger partial charge in [0.1, 0.15) is 23.7 Å². The van der Waals surface area contributed by atoms with Crippen molar-refractivity contribution in [1.82, 2.24) is 9.97 Å². The normalized spacial score (nSPS) is 14.0. The van der Waals surface area contributed by atoms with Gasteiger partial charge in [-0.15, -0.1) is 0 Å². The summed E-state index contributed by atoms with van der Waals surface area (Å²) in [4.78, 5) is 25.2. The van der Waals surface area contributed by atoms with Crippen LogP contribution in [-0.2, 0) is 0 Å². The molecule has 3 aromatic rings. The Kier molecular flexibility index (Phi) is 5.14. The Hall–Kier alpha value is -3.48. The smallest absolute Gasteiger partial charge is 0.274 e. The quantitative estimate of drug-likeness (QED) is 0.757. The molecule has 0 bridgehead atoms. The van der Waals surface area contributed by atoms with E-state index in [-0.39, 0.29) is 11.7 Å². The maximum absolute atomic E-state index is 13.1. The highest BCUT2D eigenvalue weighted by atomic mass is 19.1. The molecule has 0 saturated carbocycles. The van der Waals surface area contributed by atoms with Gasteiger partial charge in [0.15, 0.2) is 0 Å². The fourth-order valence-corrected chi connectivity index (χ4v) is 3.21. The predicted molar refractivity (Wildman–Crippen MR) is 107 cm³/mol. The van der Waals surface area contributed by atoms with Crippen LogP contribution in [0.25, 0.3) is 0 Å². The van der Waals surface area contributed by atoms with Crippen molar-refractivity contribution >= 4 is 23.1 Å². The molecule has 1 saturated heterocycles. The summed E-state index contributed by atoms with van der Waals surface area (Å²) in [6.45, 7) is 3.10. The number of carbonyl (C=O) groups is 1. The van der Waals surface area contributed by atoms with E-state index < -0.39 is 0 Å². The summed E-state index contributed by atoms with van der Waals surface area (Å²) < 4.78 is 13.1. The minimum atomic E-state index is -0.264. The van der Waals surface area contributed by atoms with Crippen LogP contribution in [0.4, 0.5) is 21.6 Å². The first kappa shape index (κ1) is 17.9. The zero-order valence-corrected chi connectivity index (χ0v) is 15.3. The Balaban J connectivity index is 1.41. The number of piperazine rings is 1. The third-order valence-corrected chi connectivity index (χ3v) is 4.71. The lowest BCUT2D eigenvalue weighted by Crippen LogP contribution is -2.46. The lowest BCUT2D eigenvalue weighted by Gasteiger charge is -2.36. The van der Waals surface area contributed by atoms with E-state index >= 15 is 0 Å². The number of amides is 1. The third-order valence-electron chi connectivity index (χ3n) is 4.71. The number of halogens is 1. The van der Waals surface area contributed by atoms with Gasteiger partial charge in [-0.3, -0.25) is 4.79 Å². The minimum Gasteiger partial charge on any atom is -0.368 e. The van der Waals surface area contributed by atoms with E-state index in [2.05, 4.69) is 25.1 Å². The maximum Gasteiger partial charge on any atom is 0.274 e. The molecule has 142 valence electrons. The molecule has 28 heavy (non-hydrogen) atoms. The molecule has 2 aromatic carbocycles. The van der Waals surface area contributed by atoms with Gasteiger partial charge in [-0.25, -0.2) is 14.4 Å². The average molecular weight is 377 g/mol. The number of aromatic nitrogens is 2. The first-order chi connectivity index (χ1) is 13.7. The molecule has 1 amide bonds. The summed E-state index contributed by atoms with van der Waals surface area (Å²) >= 11 is 0. The molecule has 0 atom stereocenters. The van der Waals surface area contributed by atoms with Crippen molar-refractivity contribution in [1.29, 1.82) is 0 Å². The van der Waals surface area contributed by atoms with E-state index in [9.17, 15) is 9.18 Å². The minimum absolute atomic E-state index is 0.232. The van der Waals surface area contributed by atoms with Gasteiger partial charge in [-0.2, -0.15) is 0 Å². The van der Waals surface area contributed by atoms with Gasteiger partial charge in [-0.1, -0.05) is 18.2 Å². The van der Waals surface area contributed by atoms with Crippen molar-refractivity contribution in [3.8, 4) is 0 Å². The molecule has 1 N–H and O–H groups in total. The number of nitrogens with zero attached hydrogens (tertiary/aromatic N) is 4. The van der Waals surface area contributed by atoms with Gasteiger partial charge in [0, 0.05) is 43.6 Å². The van der Waals surface area contributed by atoms with Crippen LogP contribution in [0.3, 0.4) is 0 Å². The average Bonchev–Trinajstić information content (AvgIpc) is 2.75. The Morgan fingerprint density at radius 1 is 0.893 bits per heavy atom. The van der Waals surface area contributed by atoms with Crippen molar-refractivity contribution in [2.24, 2.45) is 0 Å². The lowest BCUT2D eigenvalue weighted by atomic mass is 10.2. The molecule has 0 aliphatic carbocycles. The number of benzene rings is 2. The van der Waals surface area contributed by atoms with E-state index in [1.165, 1.54) is 18.5 Å². The molecule has 1 aliphatic rings. The van der Waals surface area contributed by atoms with E-state index in [0.717, 1.165) is 43.4 Å². The van der Waals surface area contributed by atoms with Crippen molar-refractivity contribution in [3.05, 3.63) is 78.5 Å². The predicted octanol–water partition coefficient (Wildman–Crippen LogP) is 3.19. The van der Waals surface area contributed by atoms with Gasteiger partial charge < -0.3 is 15.1 Å². The topological polar surface area (TPSA) is 61.4 Å². The lowest BCUT2D eigenvalue weighted by molar-refractivity contribution is 0.102. The Morgan fingerprint density at radius 3 is 2.29 bits per heavy atom. The highest BCUT2D eigenvalue weighted by Crippen LogP contribution is 2.20. The zero-order valence-electron chi connectivity index (χ0n) is 15.3. The van der Waals surface area contributed by atoms with Crippen LogP contribution in [-0.4, -0.2) is 42.1 Å². The molecule has 0 spiro atoms. The summed E-state index contributed by atoms with van der Waals surface area (Å²) in [5.74, 6) is 0.233. The molecule has 0 radical (unpaired) electrons. The Morgan fingerprint density at radius 2 is 1.57 bits per heavy atom. The van der Waals surface area contributed by atoms with Crippen molar-refractivity contribution in [2.75, 3.05) is 41.3 Å². The van der Waals surface area contributed by atoms with Crippen molar-refractivity contribution < 1.29 is 9.18 Å². The van der Waals surface area contributed by atoms with E-state index in [4.69, 9.17) is 0 Å². The molecule has 4 rings (SSSR count). The van der Waals surface area contributed by atoms with Crippen LogP contribution in [0.15, 0.2) is 67.0 Å². The van der Waals surface area contributed by atoms with Crippen molar-refractivity contribution in [3.63, 3.8) is 0 Å².